The first-order valence-electron chi connectivity index (χ1n) is 9.96. The standard InChI is InChI=1S/C23H29N3O2S.ClH/c1-6-28-19-10-8-18(9-11-19)22(27)26(13-7-12-25(4)5)23-24-20-15-16(2)14-17(3)21(20)29-23;/h8-11,14-15H,6-7,12-13H2,1-5H3;1H. The summed E-state index contributed by atoms with van der Waals surface area (Å²) >= 11 is 1.59. The number of hydrogen-bond donors (Lipinski definition) is 0. The number of anilines is 1. The van der Waals surface area contributed by atoms with Crippen molar-refractivity contribution in [1.29, 1.82) is 0 Å². The van der Waals surface area contributed by atoms with Gasteiger partial charge in [0.15, 0.2) is 5.13 Å². The number of amides is 1. The number of aryl methyl sites for hydroxylation is 2. The number of hydrogen-bond acceptors (Lipinski definition) is 5. The summed E-state index contributed by atoms with van der Waals surface area (Å²) in [5.41, 5.74) is 3.99. The molecule has 7 heteroatoms. The van der Waals surface area contributed by atoms with Gasteiger partial charge < -0.3 is 9.64 Å². The topological polar surface area (TPSA) is 45.7 Å². The molecule has 30 heavy (non-hydrogen) atoms. The van der Waals surface area contributed by atoms with Crippen molar-refractivity contribution in [1.82, 2.24) is 9.88 Å². The van der Waals surface area contributed by atoms with Crippen LogP contribution in [0.4, 0.5) is 5.13 Å². The average Bonchev–Trinajstić information content (AvgIpc) is 3.09. The van der Waals surface area contributed by atoms with E-state index >= 15 is 0 Å². The van der Waals surface area contributed by atoms with Gasteiger partial charge in [-0.3, -0.25) is 9.69 Å². The van der Waals surface area contributed by atoms with Crippen molar-refractivity contribution < 1.29 is 9.53 Å². The maximum Gasteiger partial charge on any atom is 0.260 e. The molecule has 3 rings (SSSR count). The number of fused-ring (bicyclic) bond motifs is 1. The zero-order chi connectivity index (χ0) is 21.0. The Labute approximate surface area is 189 Å². The Morgan fingerprint density at radius 3 is 2.43 bits per heavy atom. The van der Waals surface area contributed by atoms with E-state index in [2.05, 4.69) is 30.9 Å². The van der Waals surface area contributed by atoms with Gasteiger partial charge in [-0.1, -0.05) is 17.4 Å². The minimum Gasteiger partial charge on any atom is -0.494 e. The van der Waals surface area contributed by atoms with Crippen LogP contribution in [-0.2, 0) is 0 Å². The van der Waals surface area contributed by atoms with E-state index in [0.717, 1.165) is 34.1 Å². The van der Waals surface area contributed by atoms with Gasteiger partial charge in [0.2, 0.25) is 0 Å². The number of thiazole rings is 1. The monoisotopic (exact) mass is 447 g/mol. The maximum absolute atomic E-state index is 13.4. The molecule has 0 aliphatic rings. The molecule has 3 aromatic rings. The highest BCUT2D eigenvalue weighted by Gasteiger charge is 2.22. The van der Waals surface area contributed by atoms with Gasteiger partial charge in [-0.2, -0.15) is 0 Å². The zero-order valence-corrected chi connectivity index (χ0v) is 19.9. The molecule has 1 amide bonds. The van der Waals surface area contributed by atoms with E-state index in [1.165, 1.54) is 11.1 Å². The smallest absolute Gasteiger partial charge is 0.260 e. The number of halogens is 1. The fourth-order valence-electron chi connectivity index (χ4n) is 3.33. The van der Waals surface area contributed by atoms with Crippen molar-refractivity contribution in [2.24, 2.45) is 0 Å². The van der Waals surface area contributed by atoms with E-state index < -0.39 is 0 Å². The molecule has 0 unspecified atom stereocenters. The van der Waals surface area contributed by atoms with Gasteiger partial charge in [-0.05, 0) is 89.3 Å². The molecular weight excluding hydrogens is 418 g/mol. The molecule has 0 atom stereocenters. The molecule has 1 heterocycles. The summed E-state index contributed by atoms with van der Waals surface area (Å²) < 4.78 is 6.64. The Hall–Kier alpha value is -2.15. The molecule has 5 nitrogen and oxygen atoms in total. The van der Waals surface area contributed by atoms with Crippen LogP contribution < -0.4 is 9.64 Å². The van der Waals surface area contributed by atoms with Crippen LogP contribution in [0.25, 0.3) is 10.2 Å². The highest BCUT2D eigenvalue weighted by Crippen LogP contribution is 2.33. The predicted molar refractivity (Wildman–Crippen MR) is 129 cm³/mol. The van der Waals surface area contributed by atoms with Crippen molar-refractivity contribution in [2.75, 3.05) is 38.7 Å². The predicted octanol–water partition coefficient (Wildman–Crippen LogP) is 5.33. The molecule has 2 aromatic carbocycles. The van der Waals surface area contributed by atoms with E-state index in [1.807, 2.05) is 50.2 Å². The lowest BCUT2D eigenvalue weighted by Gasteiger charge is -2.21. The van der Waals surface area contributed by atoms with Crippen molar-refractivity contribution in [3.63, 3.8) is 0 Å². The van der Waals surface area contributed by atoms with Gasteiger partial charge in [0.05, 0.1) is 16.8 Å². The van der Waals surface area contributed by atoms with Crippen LogP contribution in [0.5, 0.6) is 5.75 Å². The average molecular weight is 448 g/mol. The maximum atomic E-state index is 13.4. The molecule has 0 radical (unpaired) electrons. The lowest BCUT2D eigenvalue weighted by molar-refractivity contribution is 0.0986. The molecule has 1 aromatic heterocycles. The summed E-state index contributed by atoms with van der Waals surface area (Å²) in [6.07, 6.45) is 0.879. The van der Waals surface area contributed by atoms with Crippen molar-refractivity contribution in [3.05, 3.63) is 53.1 Å². The molecule has 0 aliphatic carbocycles. The Morgan fingerprint density at radius 2 is 1.80 bits per heavy atom. The molecule has 162 valence electrons. The van der Waals surface area contributed by atoms with Crippen molar-refractivity contribution in [3.8, 4) is 5.75 Å². The molecule has 0 fully saturated rings. The minimum atomic E-state index is -0.0276. The molecule has 0 aliphatic heterocycles. The zero-order valence-electron chi connectivity index (χ0n) is 18.3. The molecule has 0 N–H and O–H groups in total. The third-order valence-electron chi connectivity index (χ3n) is 4.68. The van der Waals surface area contributed by atoms with Crippen LogP contribution in [-0.4, -0.2) is 49.6 Å². The van der Waals surface area contributed by atoms with Crippen LogP contribution in [0.15, 0.2) is 36.4 Å². The first-order valence-corrected chi connectivity index (χ1v) is 10.8. The lowest BCUT2D eigenvalue weighted by atomic mass is 10.1. The van der Waals surface area contributed by atoms with E-state index in [9.17, 15) is 4.79 Å². The number of carbonyl (C=O) groups is 1. The third-order valence-corrected chi connectivity index (χ3v) is 5.91. The van der Waals surface area contributed by atoms with E-state index in [-0.39, 0.29) is 18.3 Å². The number of benzene rings is 2. The van der Waals surface area contributed by atoms with Crippen molar-refractivity contribution in [2.45, 2.75) is 27.2 Å². The molecule has 0 saturated carbocycles. The van der Waals surface area contributed by atoms with Crippen LogP contribution >= 0.6 is 23.7 Å². The highest BCUT2D eigenvalue weighted by atomic mass is 35.5. The van der Waals surface area contributed by atoms with Crippen LogP contribution in [0.2, 0.25) is 0 Å². The molecule has 0 saturated heterocycles. The third kappa shape index (κ3) is 5.72. The van der Waals surface area contributed by atoms with Gasteiger partial charge in [0.25, 0.3) is 5.91 Å². The fraction of sp³-hybridized carbons (Fsp3) is 0.391. The fourth-order valence-corrected chi connectivity index (χ4v) is 4.37. The Balaban J connectivity index is 0.00000320. The number of ether oxygens (including phenoxy) is 1. The van der Waals surface area contributed by atoms with Crippen LogP contribution in [0.3, 0.4) is 0 Å². The van der Waals surface area contributed by atoms with Gasteiger partial charge in [-0.25, -0.2) is 4.98 Å². The van der Waals surface area contributed by atoms with E-state index in [0.29, 0.717) is 18.7 Å². The van der Waals surface area contributed by atoms with Gasteiger partial charge in [0.1, 0.15) is 5.75 Å². The van der Waals surface area contributed by atoms with Crippen molar-refractivity contribution >= 4 is 45.0 Å². The highest BCUT2D eigenvalue weighted by molar-refractivity contribution is 7.22. The van der Waals surface area contributed by atoms with E-state index in [1.54, 1.807) is 11.3 Å². The normalized spacial score (nSPS) is 10.9. The van der Waals surface area contributed by atoms with Gasteiger partial charge in [0, 0.05) is 12.1 Å². The number of rotatable bonds is 8. The number of nitrogens with zero attached hydrogens (tertiary/aromatic N) is 3. The quantitative estimate of drug-likeness (QED) is 0.468. The molecule has 0 spiro atoms. The van der Waals surface area contributed by atoms with Crippen LogP contribution in [0, 0.1) is 13.8 Å². The second-order valence-corrected chi connectivity index (χ2v) is 8.48. The summed E-state index contributed by atoms with van der Waals surface area (Å²) in [7, 11) is 4.09. The summed E-state index contributed by atoms with van der Waals surface area (Å²) in [5, 5.41) is 0.756. The van der Waals surface area contributed by atoms with Gasteiger partial charge >= 0.3 is 0 Å². The Kier molecular flexibility index (Phi) is 8.65. The largest absolute Gasteiger partial charge is 0.494 e. The molecule has 0 bridgehead atoms. The van der Waals surface area contributed by atoms with Gasteiger partial charge in [-0.15, -0.1) is 12.4 Å². The number of carbonyl (C=O) groups excluding carboxylic acids is 1. The second kappa shape index (κ2) is 10.8. The Morgan fingerprint density at radius 1 is 1.10 bits per heavy atom. The first kappa shape index (κ1) is 24.1. The van der Waals surface area contributed by atoms with E-state index in [4.69, 9.17) is 9.72 Å². The van der Waals surface area contributed by atoms with Crippen LogP contribution in [0.1, 0.15) is 34.8 Å². The minimum absolute atomic E-state index is 0. The summed E-state index contributed by atoms with van der Waals surface area (Å²) in [6.45, 7) is 8.27. The summed E-state index contributed by atoms with van der Waals surface area (Å²) in [6, 6.07) is 11.6. The second-order valence-electron chi connectivity index (χ2n) is 7.50. The number of aromatic nitrogens is 1. The summed E-state index contributed by atoms with van der Waals surface area (Å²) in [5.74, 6) is 0.745. The SMILES string of the molecule is CCOc1ccc(C(=O)N(CCCN(C)C)c2nc3cc(C)cc(C)c3s2)cc1.Cl. The lowest BCUT2D eigenvalue weighted by Crippen LogP contribution is -2.33. The molecular formula is C23H30ClN3O2S. The first-order chi connectivity index (χ1) is 13.9. The summed E-state index contributed by atoms with van der Waals surface area (Å²) in [4.78, 5) is 22.1. The Bertz CT molecular complexity index is 986.